The quantitative estimate of drug-likeness (QED) is 0.365. The molecule has 32 heavy (non-hydrogen) atoms. The molecule has 4 rings (SSSR count). The van der Waals surface area contributed by atoms with Gasteiger partial charge >= 0.3 is 0 Å². The first kappa shape index (κ1) is 21.2. The van der Waals surface area contributed by atoms with Crippen molar-refractivity contribution in [2.45, 2.75) is 18.7 Å². The fourth-order valence-corrected chi connectivity index (χ4v) is 4.75. The zero-order chi connectivity index (χ0) is 23.0. The van der Waals surface area contributed by atoms with Gasteiger partial charge in [0, 0.05) is 17.8 Å². The van der Waals surface area contributed by atoms with Gasteiger partial charge in [-0.2, -0.15) is 0 Å². The number of nitrogens with zero attached hydrogens (tertiary/aromatic N) is 3. The van der Waals surface area contributed by atoms with Gasteiger partial charge in [0.2, 0.25) is 0 Å². The number of anilines is 1. The predicted octanol–water partition coefficient (Wildman–Crippen LogP) is 3.71. The highest BCUT2D eigenvalue weighted by Crippen LogP contribution is 2.24. The number of benzene rings is 3. The number of aromatic nitrogens is 2. The van der Waals surface area contributed by atoms with E-state index in [9.17, 15) is 23.3 Å². The maximum Gasteiger partial charge on any atom is 0.270 e. The number of para-hydroxylation sites is 1. The minimum Gasteiger partial charge on any atom is -0.280 e. The molecule has 0 fully saturated rings. The summed E-state index contributed by atoms with van der Waals surface area (Å²) in [4.78, 5) is 27.6. The van der Waals surface area contributed by atoms with Gasteiger partial charge in [0.15, 0.2) is 0 Å². The van der Waals surface area contributed by atoms with Gasteiger partial charge in [0.05, 0.1) is 26.4 Å². The molecule has 0 spiro atoms. The van der Waals surface area contributed by atoms with Crippen LogP contribution in [0.5, 0.6) is 0 Å². The molecule has 162 valence electrons. The summed E-state index contributed by atoms with van der Waals surface area (Å²) in [6.45, 7) is 3.28. The number of sulfonamides is 1. The third-order valence-corrected chi connectivity index (χ3v) is 6.52. The topological polar surface area (TPSA) is 124 Å². The van der Waals surface area contributed by atoms with Crippen molar-refractivity contribution in [2.75, 3.05) is 4.72 Å². The van der Waals surface area contributed by atoms with Gasteiger partial charge in [-0.25, -0.2) is 13.4 Å². The summed E-state index contributed by atoms with van der Waals surface area (Å²) in [7, 11) is -4.06. The fraction of sp³-hybridized carbons (Fsp3) is 0.0909. The molecule has 0 atom stereocenters. The minimum absolute atomic E-state index is 0.179. The minimum atomic E-state index is -4.06. The molecular formula is C22H18N4O5S. The van der Waals surface area contributed by atoms with Crippen LogP contribution in [-0.4, -0.2) is 22.9 Å². The largest absolute Gasteiger partial charge is 0.280 e. The Balaban J connectivity index is 1.69. The van der Waals surface area contributed by atoms with Crippen LogP contribution in [-0.2, 0) is 10.0 Å². The smallest absolute Gasteiger partial charge is 0.270 e. The summed E-state index contributed by atoms with van der Waals surface area (Å²) < 4.78 is 29.5. The van der Waals surface area contributed by atoms with E-state index in [0.717, 1.165) is 6.07 Å². The van der Waals surface area contributed by atoms with Crippen LogP contribution in [0.1, 0.15) is 11.4 Å². The van der Waals surface area contributed by atoms with Gasteiger partial charge in [-0.3, -0.25) is 24.2 Å². The molecule has 1 heterocycles. The van der Waals surface area contributed by atoms with Gasteiger partial charge in [0.25, 0.3) is 21.3 Å². The number of hydrogen-bond acceptors (Lipinski definition) is 6. The molecule has 1 aromatic heterocycles. The average molecular weight is 450 g/mol. The second-order valence-corrected chi connectivity index (χ2v) is 8.83. The van der Waals surface area contributed by atoms with Gasteiger partial charge in [0.1, 0.15) is 5.82 Å². The summed E-state index contributed by atoms with van der Waals surface area (Å²) in [6, 6.07) is 16.9. The molecule has 1 N–H and O–H groups in total. The first-order chi connectivity index (χ1) is 15.2. The molecule has 0 aliphatic rings. The first-order valence-electron chi connectivity index (χ1n) is 9.54. The lowest BCUT2D eigenvalue weighted by Crippen LogP contribution is -2.22. The zero-order valence-electron chi connectivity index (χ0n) is 17.1. The summed E-state index contributed by atoms with van der Waals surface area (Å²) in [5.74, 6) is 0.495. The number of rotatable bonds is 5. The lowest BCUT2D eigenvalue weighted by molar-refractivity contribution is -0.385. The van der Waals surface area contributed by atoms with Gasteiger partial charge in [-0.15, -0.1) is 0 Å². The van der Waals surface area contributed by atoms with Crippen LogP contribution < -0.4 is 10.3 Å². The first-order valence-corrected chi connectivity index (χ1v) is 11.0. The van der Waals surface area contributed by atoms with Gasteiger partial charge in [-0.1, -0.05) is 18.2 Å². The Kier molecular flexibility index (Phi) is 5.23. The van der Waals surface area contributed by atoms with Crippen molar-refractivity contribution >= 4 is 32.3 Å². The molecule has 9 nitrogen and oxygen atoms in total. The van der Waals surface area contributed by atoms with Crippen LogP contribution in [0.25, 0.3) is 16.6 Å². The fourth-order valence-electron chi connectivity index (χ4n) is 3.43. The highest BCUT2D eigenvalue weighted by Gasteiger charge is 2.21. The molecule has 0 bridgehead atoms. The van der Waals surface area contributed by atoms with Crippen molar-refractivity contribution in [2.24, 2.45) is 0 Å². The van der Waals surface area contributed by atoms with Crippen molar-refractivity contribution in [1.29, 1.82) is 0 Å². The number of nitro groups is 1. The second kappa shape index (κ2) is 7.89. The van der Waals surface area contributed by atoms with Crippen LogP contribution in [0.4, 0.5) is 11.4 Å². The summed E-state index contributed by atoms with van der Waals surface area (Å²) in [6.07, 6.45) is 0. The molecular weight excluding hydrogens is 432 g/mol. The molecule has 4 aromatic rings. The van der Waals surface area contributed by atoms with Crippen molar-refractivity contribution < 1.29 is 13.3 Å². The van der Waals surface area contributed by atoms with Crippen LogP contribution in [0.3, 0.4) is 0 Å². The molecule has 10 heteroatoms. The number of hydrogen-bond donors (Lipinski definition) is 1. The van der Waals surface area contributed by atoms with Gasteiger partial charge < -0.3 is 0 Å². The Morgan fingerprint density at radius 1 is 1.00 bits per heavy atom. The van der Waals surface area contributed by atoms with Crippen molar-refractivity contribution in [3.63, 3.8) is 0 Å². The van der Waals surface area contributed by atoms with E-state index in [1.807, 2.05) is 6.07 Å². The molecule has 0 aliphatic heterocycles. The van der Waals surface area contributed by atoms with E-state index in [1.54, 1.807) is 44.2 Å². The van der Waals surface area contributed by atoms with E-state index < -0.39 is 14.9 Å². The van der Waals surface area contributed by atoms with E-state index >= 15 is 0 Å². The van der Waals surface area contributed by atoms with E-state index in [4.69, 9.17) is 0 Å². The summed E-state index contributed by atoms with van der Waals surface area (Å²) in [5.41, 5.74) is 1.21. The van der Waals surface area contributed by atoms with Gasteiger partial charge in [-0.05, 0) is 55.8 Å². The second-order valence-electron chi connectivity index (χ2n) is 7.18. The van der Waals surface area contributed by atoms with Crippen LogP contribution >= 0.6 is 0 Å². The normalized spacial score (nSPS) is 11.4. The maximum absolute atomic E-state index is 12.9. The highest BCUT2D eigenvalue weighted by atomic mass is 32.2. The SMILES string of the molecule is Cc1ccc([N+](=O)[O-])cc1S(=O)(=O)Nc1ccc(-n2c(C)nc3ccccc3c2=O)cc1. The van der Waals surface area contributed by atoms with Crippen molar-refractivity contribution in [3.8, 4) is 5.69 Å². The highest BCUT2D eigenvalue weighted by molar-refractivity contribution is 7.92. The predicted molar refractivity (Wildman–Crippen MR) is 121 cm³/mol. The lowest BCUT2D eigenvalue weighted by atomic mass is 10.2. The Hall–Kier alpha value is -4.05. The number of non-ortho nitro benzene ring substituents is 1. The molecule has 3 aromatic carbocycles. The summed E-state index contributed by atoms with van der Waals surface area (Å²) in [5, 5.41) is 11.5. The number of fused-ring (bicyclic) bond motifs is 1. The molecule has 0 unspecified atom stereocenters. The molecule has 0 radical (unpaired) electrons. The van der Waals surface area contributed by atoms with E-state index in [0.29, 0.717) is 28.0 Å². The Bertz CT molecular complexity index is 1530. The Morgan fingerprint density at radius 2 is 1.69 bits per heavy atom. The molecule has 0 amide bonds. The molecule has 0 saturated heterocycles. The third-order valence-electron chi connectivity index (χ3n) is 4.99. The lowest BCUT2D eigenvalue weighted by Gasteiger charge is -2.13. The maximum atomic E-state index is 12.9. The van der Waals surface area contributed by atoms with Crippen molar-refractivity contribution in [1.82, 2.24) is 9.55 Å². The Morgan fingerprint density at radius 3 is 2.38 bits per heavy atom. The standard InChI is InChI=1S/C22H18N4O5S/c1-14-7-10-18(26(28)29)13-21(14)32(30,31)24-16-8-11-17(12-9-16)25-15(2)23-20-6-4-3-5-19(20)22(25)27/h3-13,24H,1-2H3. The number of nitrogens with one attached hydrogen (secondary N) is 1. The van der Waals surface area contributed by atoms with Crippen molar-refractivity contribution in [3.05, 3.63) is 98.6 Å². The number of aryl methyl sites for hydroxylation is 2. The van der Waals surface area contributed by atoms with E-state index in [2.05, 4.69) is 9.71 Å². The average Bonchev–Trinajstić information content (AvgIpc) is 2.74. The zero-order valence-corrected chi connectivity index (χ0v) is 18.0. The van der Waals surface area contributed by atoms with E-state index in [-0.39, 0.29) is 21.8 Å². The number of nitro benzene ring substituents is 1. The van der Waals surface area contributed by atoms with Crippen LogP contribution in [0, 0.1) is 24.0 Å². The molecule has 0 saturated carbocycles. The Labute approximate surface area is 183 Å². The van der Waals surface area contributed by atoms with Crippen LogP contribution in [0.2, 0.25) is 0 Å². The summed E-state index contributed by atoms with van der Waals surface area (Å²) >= 11 is 0. The third kappa shape index (κ3) is 3.83. The molecule has 0 aliphatic carbocycles. The van der Waals surface area contributed by atoms with E-state index in [1.165, 1.54) is 28.8 Å². The monoisotopic (exact) mass is 450 g/mol. The van der Waals surface area contributed by atoms with Crippen LogP contribution in [0.15, 0.2) is 76.4 Å².